The van der Waals surface area contributed by atoms with Gasteiger partial charge < -0.3 is 14.5 Å². The largest absolute Gasteiger partial charge is 0.380 e. The van der Waals surface area contributed by atoms with Crippen LogP contribution in [0.4, 0.5) is 15.9 Å². The lowest BCUT2D eigenvalue weighted by molar-refractivity contribution is 0.0656. The molecule has 0 aliphatic carbocycles. The van der Waals surface area contributed by atoms with Crippen LogP contribution >= 0.6 is 0 Å². The molecule has 1 saturated heterocycles. The Morgan fingerprint density at radius 1 is 1.26 bits per heavy atom. The Morgan fingerprint density at radius 2 is 2.14 bits per heavy atom. The molecular formula is C25H31FN6O3. The number of halogens is 1. The number of piperidine rings is 1. The molecule has 0 saturated carbocycles. The van der Waals surface area contributed by atoms with Crippen LogP contribution in [0.15, 0.2) is 35.4 Å². The molecule has 0 spiro atoms. The van der Waals surface area contributed by atoms with Gasteiger partial charge in [0.1, 0.15) is 5.82 Å². The Labute approximate surface area is 203 Å². The van der Waals surface area contributed by atoms with Crippen molar-refractivity contribution in [3.8, 4) is 0 Å². The van der Waals surface area contributed by atoms with Crippen molar-refractivity contribution in [1.29, 1.82) is 0 Å². The van der Waals surface area contributed by atoms with Gasteiger partial charge in [0.25, 0.3) is 5.91 Å². The molecule has 0 aromatic carbocycles. The molecule has 3 aromatic heterocycles. The van der Waals surface area contributed by atoms with Gasteiger partial charge in [-0.3, -0.25) is 13.6 Å². The number of nitrogens with zero attached hydrogens (tertiary/aromatic N) is 6. The molecule has 0 unspecified atom stereocenters. The first-order chi connectivity index (χ1) is 17.1. The lowest BCUT2D eigenvalue weighted by atomic mass is 9.98. The number of amides is 1. The quantitative estimate of drug-likeness (QED) is 0.482. The molecule has 2 aliphatic rings. The van der Waals surface area contributed by atoms with E-state index in [-0.39, 0.29) is 24.2 Å². The Bertz CT molecular complexity index is 1270. The fourth-order valence-electron chi connectivity index (χ4n) is 5.01. The monoisotopic (exact) mass is 482 g/mol. The van der Waals surface area contributed by atoms with E-state index in [2.05, 4.69) is 15.0 Å². The molecule has 0 bridgehead atoms. The Balaban J connectivity index is 1.39. The Morgan fingerprint density at radius 3 is 2.97 bits per heavy atom. The lowest BCUT2D eigenvalue weighted by Crippen LogP contribution is -2.40. The van der Waals surface area contributed by atoms with Gasteiger partial charge in [-0.05, 0) is 50.3 Å². The first kappa shape index (κ1) is 23.5. The number of carbonyl (C=O) groups excluding carboxylic acids is 1. The van der Waals surface area contributed by atoms with E-state index in [4.69, 9.17) is 4.74 Å². The summed E-state index contributed by atoms with van der Waals surface area (Å²) in [5, 5.41) is 4.46. The van der Waals surface area contributed by atoms with Crippen LogP contribution in [0.5, 0.6) is 0 Å². The maximum atomic E-state index is 13.2. The van der Waals surface area contributed by atoms with E-state index in [1.54, 1.807) is 17.3 Å². The van der Waals surface area contributed by atoms with Crippen molar-refractivity contribution < 1.29 is 13.9 Å². The number of rotatable bonds is 7. The molecular weight excluding hydrogens is 451 g/mol. The number of ether oxygens (including phenoxy) is 1. The van der Waals surface area contributed by atoms with Gasteiger partial charge in [0.05, 0.1) is 25.4 Å². The predicted octanol–water partition coefficient (Wildman–Crippen LogP) is 2.83. The number of carbonyl (C=O) groups is 1. The molecule has 0 N–H and O–H groups in total. The number of hydrogen-bond donors (Lipinski definition) is 0. The summed E-state index contributed by atoms with van der Waals surface area (Å²) >= 11 is 0. The number of alkyl halides is 1. The van der Waals surface area contributed by atoms with E-state index in [0.29, 0.717) is 44.1 Å². The van der Waals surface area contributed by atoms with E-state index < -0.39 is 0 Å². The number of anilines is 2. The molecule has 35 heavy (non-hydrogen) atoms. The molecule has 5 rings (SSSR count). The fourth-order valence-corrected chi connectivity index (χ4v) is 5.01. The van der Waals surface area contributed by atoms with Gasteiger partial charge in [0.2, 0.25) is 0 Å². The third-order valence-corrected chi connectivity index (χ3v) is 6.83. The second kappa shape index (κ2) is 10.2. The van der Waals surface area contributed by atoms with Crippen LogP contribution in [0.2, 0.25) is 0 Å². The highest BCUT2D eigenvalue weighted by atomic mass is 19.1. The summed E-state index contributed by atoms with van der Waals surface area (Å²) in [5.41, 5.74) is 2.84. The Hall–Kier alpha value is -3.27. The highest BCUT2D eigenvalue weighted by Crippen LogP contribution is 2.33. The molecule has 10 heteroatoms. The zero-order chi connectivity index (χ0) is 24.4. The highest BCUT2D eigenvalue weighted by Gasteiger charge is 2.27. The predicted molar refractivity (Wildman–Crippen MR) is 130 cm³/mol. The van der Waals surface area contributed by atoms with Crippen LogP contribution in [-0.2, 0) is 17.7 Å². The standard InChI is InChI=1S/C25H31FN6O3/c1-2-35-12-11-32-25(34)31-10-7-21(14-22(31)28-32)30-9-4-6-19-13-20(16-27-23(19)30)24(33)29-8-3-5-18(15-26)17-29/h7,10,13-14,16,18H,2-6,8-9,11-12,15,17H2,1H3/t18-/m1/s1. The van der Waals surface area contributed by atoms with Gasteiger partial charge in [-0.25, -0.2) is 14.5 Å². The summed E-state index contributed by atoms with van der Waals surface area (Å²) in [6.45, 7) is 4.87. The molecule has 3 aromatic rings. The van der Waals surface area contributed by atoms with E-state index in [1.165, 1.54) is 9.08 Å². The molecule has 1 fully saturated rings. The number of hydrogen-bond acceptors (Lipinski definition) is 6. The SMILES string of the molecule is CCOCCn1nc2cc(N3CCCc4cc(C(=O)N5CCC[C@H](CF)C5)cnc43)ccn2c1=O. The third kappa shape index (κ3) is 4.67. The summed E-state index contributed by atoms with van der Waals surface area (Å²) in [6, 6.07) is 5.71. The van der Waals surface area contributed by atoms with Crippen molar-refractivity contribution >= 4 is 23.1 Å². The van der Waals surface area contributed by atoms with Crippen molar-refractivity contribution in [3.05, 3.63) is 52.2 Å². The minimum absolute atomic E-state index is 0.0705. The van der Waals surface area contributed by atoms with Gasteiger partial charge in [-0.2, -0.15) is 0 Å². The van der Waals surface area contributed by atoms with Crippen LogP contribution in [0, 0.1) is 5.92 Å². The van der Waals surface area contributed by atoms with Crippen LogP contribution in [0.25, 0.3) is 5.65 Å². The van der Waals surface area contributed by atoms with E-state index >= 15 is 0 Å². The summed E-state index contributed by atoms with van der Waals surface area (Å²) in [4.78, 5) is 34.2. The van der Waals surface area contributed by atoms with Crippen LogP contribution in [0.1, 0.15) is 42.1 Å². The van der Waals surface area contributed by atoms with Crippen molar-refractivity contribution in [2.45, 2.75) is 39.2 Å². The van der Waals surface area contributed by atoms with Gasteiger partial charge >= 0.3 is 5.69 Å². The van der Waals surface area contributed by atoms with Crippen molar-refractivity contribution in [3.63, 3.8) is 0 Å². The minimum atomic E-state index is -0.387. The number of fused-ring (bicyclic) bond motifs is 2. The summed E-state index contributed by atoms with van der Waals surface area (Å²) in [5.74, 6) is 0.670. The topological polar surface area (TPSA) is 85.0 Å². The summed E-state index contributed by atoms with van der Waals surface area (Å²) < 4.78 is 21.5. The van der Waals surface area contributed by atoms with Gasteiger partial charge in [-0.1, -0.05) is 0 Å². The summed E-state index contributed by atoms with van der Waals surface area (Å²) in [6.07, 6.45) is 6.78. The smallest absolute Gasteiger partial charge is 0.350 e. The summed E-state index contributed by atoms with van der Waals surface area (Å²) in [7, 11) is 0. The maximum Gasteiger partial charge on any atom is 0.350 e. The van der Waals surface area contributed by atoms with Gasteiger partial charge in [0, 0.05) is 56.3 Å². The first-order valence-corrected chi connectivity index (χ1v) is 12.4. The van der Waals surface area contributed by atoms with Crippen LogP contribution in [0.3, 0.4) is 0 Å². The molecule has 1 amide bonds. The number of likely N-dealkylation sites (tertiary alicyclic amines) is 1. The molecule has 1 atom stereocenters. The highest BCUT2D eigenvalue weighted by molar-refractivity contribution is 5.94. The average Bonchev–Trinajstić information content (AvgIpc) is 3.22. The second-order valence-electron chi connectivity index (χ2n) is 9.19. The lowest BCUT2D eigenvalue weighted by Gasteiger charge is -2.33. The van der Waals surface area contributed by atoms with Crippen molar-refractivity contribution in [1.82, 2.24) is 24.1 Å². The average molecular weight is 483 g/mol. The Kier molecular flexibility index (Phi) is 6.81. The maximum absolute atomic E-state index is 13.2. The van der Waals surface area contributed by atoms with Crippen LogP contribution < -0.4 is 10.6 Å². The molecule has 9 nitrogen and oxygen atoms in total. The van der Waals surface area contributed by atoms with Crippen molar-refractivity contribution in [2.24, 2.45) is 5.92 Å². The number of aromatic nitrogens is 4. The van der Waals surface area contributed by atoms with Gasteiger partial charge in [-0.15, -0.1) is 5.10 Å². The van der Waals surface area contributed by atoms with E-state index in [1.807, 2.05) is 25.1 Å². The number of aryl methyl sites for hydroxylation is 1. The molecule has 2 aliphatic heterocycles. The molecule has 186 valence electrons. The molecule has 5 heterocycles. The minimum Gasteiger partial charge on any atom is -0.380 e. The normalized spacial score (nSPS) is 18.2. The van der Waals surface area contributed by atoms with Crippen LogP contribution in [-0.4, -0.2) is 69.5 Å². The van der Waals surface area contributed by atoms with Gasteiger partial charge in [0.15, 0.2) is 5.65 Å². The first-order valence-electron chi connectivity index (χ1n) is 12.4. The third-order valence-electron chi connectivity index (χ3n) is 6.83. The second-order valence-corrected chi connectivity index (χ2v) is 9.19. The van der Waals surface area contributed by atoms with E-state index in [0.717, 1.165) is 49.3 Å². The van der Waals surface area contributed by atoms with E-state index in [9.17, 15) is 14.0 Å². The fraction of sp³-hybridized carbons (Fsp3) is 0.520. The van der Waals surface area contributed by atoms with Crippen molar-refractivity contribution in [2.75, 3.05) is 44.4 Å². The molecule has 0 radical (unpaired) electrons. The zero-order valence-electron chi connectivity index (χ0n) is 20.0. The zero-order valence-corrected chi connectivity index (χ0v) is 20.0. The number of pyridine rings is 2.